The van der Waals surface area contributed by atoms with Gasteiger partial charge in [0.1, 0.15) is 17.2 Å². The van der Waals surface area contributed by atoms with Gasteiger partial charge in [0.15, 0.2) is 25.1 Å². The molecular formula is C33H34Br2O6. The van der Waals surface area contributed by atoms with Crippen molar-refractivity contribution in [2.45, 2.75) is 25.7 Å². The van der Waals surface area contributed by atoms with Crippen molar-refractivity contribution in [2.24, 2.45) is 0 Å². The van der Waals surface area contributed by atoms with Crippen LogP contribution >= 0.6 is 31.9 Å². The molecule has 0 aliphatic rings. The van der Waals surface area contributed by atoms with Gasteiger partial charge in [0.05, 0.1) is 7.11 Å². The predicted octanol–water partition coefficient (Wildman–Crippen LogP) is 8.55. The summed E-state index contributed by atoms with van der Waals surface area (Å²) in [7, 11) is 4.89. The van der Waals surface area contributed by atoms with E-state index in [0.717, 1.165) is 63.0 Å². The monoisotopic (exact) mass is 684 g/mol. The van der Waals surface area contributed by atoms with Crippen LogP contribution in [0.25, 0.3) is 0 Å². The molecule has 0 atom stereocenters. The van der Waals surface area contributed by atoms with E-state index in [9.17, 15) is 0 Å². The molecule has 0 spiro atoms. The Kier molecular flexibility index (Phi) is 11.9. The fourth-order valence-electron chi connectivity index (χ4n) is 4.27. The molecule has 0 aliphatic heterocycles. The maximum atomic E-state index is 6.31. The summed E-state index contributed by atoms with van der Waals surface area (Å²) in [4.78, 5) is 0. The Morgan fingerprint density at radius 1 is 0.512 bits per heavy atom. The highest BCUT2D eigenvalue weighted by atomic mass is 79.9. The van der Waals surface area contributed by atoms with Gasteiger partial charge in [-0.25, -0.2) is 0 Å². The van der Waals surface area contributed by atoms with E-state index in [-0.39, 0.29) is 13.6 Å². The highest BCUT2D eigenvalue weighted by Gasteiger charge is 2.11. The van der Waals surface area contributed by atoms with Crippen molar-refractivity contribution in [2.75, 3.05) is 34.9 Å². The van der Waals surface area contributed by atoms with E-state index in [4.69, 9.17) is 28.4 Å². The van der Waals surface area contributed by atoms with Gasteiger partial charge >= 0.3 is 0 Å². The molecule has 0 N–H and O–H groups in total. The van der Waals surface area contributed by atoms with Gasteiger partial charge in [0.2, 0.25) is 0 Å². The lowest BCUT2D eigenvalue weighted by atomic mass is 10.0. The van der Waals surface area contributed by atoms with E-state index >= 15 is 0 Å². The SMILES string of the molecule is COCOc1ccc(Br)c(CCc2ccc(OCOC)c(Oc3ccc(CCc4cc(OC)ccc4Br)cc3)c2)c1. The van der Waals surface area contributed by atoms with Gasteiger partial charge in [-0.3, -0.25) is 0 Å². The minimum absolute atomic E-state index is 0.135. The van der Waals surface area contributed by atoms with Crippen LogP contribution < -0.4 is 18.9 Å². The van der Waals surface area contributed by atoms with Crippen molar-refractivity contribution in [3.8, 4) is 28.7 Å². The zero-order valence-electron chi connectivity index (χ0n) is 23.5. The standard InChI is InChI=1S/C33H34Br2O6/c1-36-21-39-29-14-16-31(35)26(20-29)10-5-24-8-17-32(40-22-37-2)33(18-24)41-27-11-6-23(7-12-27)4-9-25-19-28(38-3)13-15-30(25)34/h6-8,11-20H,4-5,9-10,21-22H2,1-3H3. The van der Waals surface area contributed by atoms with E-state index in [2.05, 4.69) is 56.1 Å². The number of benzene rings is 4. The number of methoxy groups -OCH3 is 3. The molecule has 0 fully saturated rings. The van der Waals surface area contributed by atoms with Crippen molar-refractivity contribution >= 4 is 31.9 Å². The third kappa shape index (κ3) is 9.23. The third-order valence-corrected chi connectivity index (χ3v) is 8.02. The molecule has 6 nitrogen and oxygen atoms in total. The zero-order valence-corrected chi connectivity index (χ0v) is 26.6. The first kappa shape index (κ1) is 30.9. The minimum atomic E-state index is 0.135. The molecule has 0 heterocycles. The minimum Gasteiger partial charge on any atom is -0.497 e. The van der Waals surface area contributed by atoms with Crippen LogP contribution in [0, 0.1) is 0 Å². The van der Waals surface area contributed by atoms with Gasteiger partial charge < -0.3 is 28.4 Å². The summed E-state index contributed by atoms with van der Waals surface area (Å²) < 4.78 is 35.3. The van der Waals surface area contributed by atoms with Crippen LogP contribution in [0.2, 0.25) is 0 Å². The summed E-state index contributed by atoms with van der Waals surface area (Å²) >= 11 is 7.30. The average Bonchev–Trinajstić information content (AvgIpc) is 3.00. The Morgan fingerprint density at radius 3 is 1.73 bits per heavy atom. The molecule has 0 bridgehead atoms. The van der Waals surface area contributed by atoms with Crippen LogP contribution in [0.5, 0.6) is 28.7 Å². The maximum absolute atomic E-state index is 6.31. The van der Waals surface area contributed by atoms with E-state index < -0.39 is 0 Å². The van der Waals surface area contributed by atoms with Crippen LogP contribution in [0.15, 0.2) is 87.8 Å². The highest BCUT2D eigenvalue weighted by molar-refractivity contribution is 9.10. The van der Waals surface area contributed by atoms with Crippen molar-refractivity contribution in [3.05, 3.63) is 110 Å². The highest BCUT2D eigenvalue weighted by Crippen LogP contribution is 2.34. The van der Waals surface area contributed by atoms with Crippen molar-refractivity contribution in [1.29, 1.82) is 0 Å². The Hall–Kier alpha value is -3.04. The molecule has 0 saturated carbocycles. The van der Waals surface area contributed by atoms with Crippen molar-refractivity contribution < 1.29 is 28.4 Å². The summed E-state index contributed by atoms with van der Waals surface area (Å²) in [5.41, 5.74) is 4.71. The second-order valence-corrected chi connectivity index (χ2v) is 11.0. The fraction of sp³-hybridized carbons (Fsp3) is 0.273. The summed E-state index contributed by atoms with van der Waals surface area (Å²) in [6, 6.07) is 26.2. The molecule has 41 heavy (non-hydrogen) atoms. The first-order valence-corrected chi connectivity index (χ1v) is 14.8. The summed E-state index contributed by atoms with van der Waals surface area (Å²) in [6.07, 6.45) is 3.43. The molecule has 0 amide bonds. The molecular weight excluding hydrogens is 652 g/mol. The molecule has 216 valence electrons. The summed E-state index contributed by atoms with van der Waals surface area (Å²) in [5.74, 6) is 3.64. The predicted molar refractivity (Wildman–Crippen MR) is 168 cm³/mol. The Bertz CT molecular complexity index is 1410. The molecule has 4 aromatic rings. The second-order valence-electron chi connectivity index (χ2n) is 9.34. The van der Waals surface area contributed by atoms with E-state index in [1.807, 2.05) is 54.6 Å². The van der Waals surface area contributed by atoms with Gasteiger partial charge in [-0.2, -0.15) is 0 Å². The lowest BCUT2D eigenvalue weighted by Gasteiger charge is -2.15. The van der Waals surface area contributed by atoms with E-state index in [0.29, 0.717) is 11.5 Å². The number of aryl methyl sites for hydroxylation is 4. The fourth-order valence-corrected chi connectivity index (χ4v) is 5.16. The van der Waals surface area contributed by atoms with E-state index in [1.54, 1.807) is 21.3 Å². The molecule has 8 heteroatoms. The van der Waals surface area contributed by atoms with Crippen LogP contribution in [0.4, 0.5) is 0 Å². The zero-order chi connectivity index (χ0) is 29.0. The number of halogens is 2. The largest absolute Gasteiger partial charge is 0.497 e. The lowest BCUT2D eigenvalue weighted by Crippen LogP contribution is -2.02. The number of rotatable bonds is 15. The quantitative estimate of drug-likeness (QED) is 0.117. The topological polar surface area (TPSA) is 55.4 Å². The number of hydrogen-bond acceptors (Lipinski definition) is 6. The summed E-state index contributed by atoms with van der Waals surface area (Å²) in [6.45, 7) is 0.349. The molecule has 0 aliphatic carbocycles. The first-order valence-electron chi connectivity index (χ1n) is 13.2. The van der Waals surface area contributed by atoms with Crippen LogP contribution in [-0.4, -0.2) is 34.9 Å². The Morgan fingerprint density at radius 2 is 1.07 bits per heavy atom. The van der Waals surface area contributed by atoms with E-state index in [1.165, 1.54) is 11.1 Å². The lowest BCUT2D eigenvalue weighted by molar-refractivity contribution is 0.0495. The van der Waals surface area contributed by atoms with Gasteiger partial charge in [0, 0.05) is 23.2 Å². The molecule has 0 radical (unpaired) electrons. The van der Waals surface area contributed by atoms with Crippen LogP contribution in [0.3, 0.4) is 0 Å². The molecule has 0 unspecified atom stereocenters. The van der Waals surface area contributed by atoms with Crippen molar-refractivity contribution in [1.82, 2.24) is 0 Å². The Balaban J connectivity index is 1.43. The molecule has 0 saturated heterocycles. The molecule has 4 aromatic carbocycles. The third-order valence-electron chi connectivity index (χ3n) is 6.47. The molecule has 0 aromatic heterocycles. The van der Waals surface area contributed by atoms with Gasteiger partial charge in [0.25, 0.3) is 0 Å². The average molecular weight is 686 g/mol. The van der Waals surface area contributed by atoms with Gasteiger partial charge in [-0.1, -0.05) is 50.1 Å². The smallest absolute Gasteiger partial charge is 0.188 e. The van der Waals surface area contributed by atoms with Crippen LogP contribution in [0.1, 0.15) is 22.3 Å². The van der Waals surface area contributed by atoms with Gasteiger partial charge in [-0.05, 0) is 109 Å². The van der Waals surface area contributed by atoms with Crippen molar-refractivity contribution in [3.63, 3.8) is 0 Å². The normalized spacial score (nSPS) is 10.9. The maximum Gasteiger partial charge on any atom is 0.188 e. The molecule has 4 rings (SSSR count). The number of ether oxygens (including phenoxy) is 6. The van der Waals surface area contributed by atoms with Gasteiger partial charge in [-0.15, -0.1) is 0 Å². The number of hydrogen-bond donors (Lipinski definition) is 0. The first-order chi connectivity index (χ1) is 20.0. The summed E-state index contributed by atoms with van der Waals surface area (Å²) in [5, 5.41) is 0. The van der Waals surface area contributed by atoms with Crippen LogP contribution in [-0.2, 0) is 35.2 Å². The second kappa shape index (κ2) is 15.8. The Labute approximate surface area is 258 Å².